The van der Waals surface area contributed by atoms with Gasteiger partial charge in [-0.1, -0.05) is 12.1 Å². The van der Waals surface area contributed by atoms with Gasteiger partial charge >= 0.3 is 0 Å². The minimum atomic E-state index is -0.123. The minimum absolute atomic E-state index is 0.0704. The van der Waals surface area contributed by atoms with Gasteiger partial charge in [0.2, 0.25) is 11.8 Å². The number of piperidine rings is 1. The Balaban J connectivity index is 1.86. The summed E-state index contributed by atoms with van der Waals surface area (Å²) >= 11 is 0. The number of ketones is 1. The first-order valence-electron chi connectivity index (χ1n) is 8.24. The van der Waals surface area contributed by atoms with Gasteiger partial charge in [0.15, 0.2) is 5.78 Å². The second kappa shape index (κ2) is 8.06. The summed E-state index contributed by atoms with van der Waals surface area (Å²) in [5, 5.41) is 2.83. The van der Waals surface area contributed by atoms with Crippen molar-refractivity contribution < 1.29 is 14.4 Å². The van der Waals surface area contributed by atoms with E-state index in [4.69, 9.17) is 0 Å². The van der Waals surface area contributed by atoms with E-state index in [1.54, 1.807) is 36.1 Å². The molecule has 0 spiro atoms. The highest BCUT2D eigenvalue weighted by Gasteiger charge is 2.24. The number of likely N-dealkylation sites (tertiary alicyclic amines) is 1. The fraction of sp³-hybridized carbons (Fsp3) is 0.500. The van der Waals surface area contributed by atoms with Crippen LogP contribution in [0.5, 0.6) is 0 Å². The topological polar surface area (TPSA) is 69.7 Å². The van der Waals surface area contributed by atoms with E-state index in [2.05, 4.69) is 10.2 Å². The Hall–Kier alpha value is -2.21. The van der Waals surface area contributed by atoms with Gasteiger partial charge in [-0.2, -0.15) is 0 Å². The first-order valence-corrected chi connectivity index (χ1v) is 8.24. The third-order valence-electron chi connectivity index (χ3n) is 4.55. The standard InChI is InChI=1S/C18H25N3O3/c1-13(22)16-6-4-5-7-17(16)19-18(24)12-21-10-8-15(9-11-21)20(3)14(2)23/h4-7,15H,8-12H2,1-3H3,(H,19,24). The van der Waals surface area contributed by atoms with E-state index in [0.717, 1.165) is 25.9 Å². The van der Waals surface area contributed by atoms with E-state index >= 15 is 0 Å². The second-order valence-corrected chi connectivity index (χ2v) is 6.29. The third-order valence-corrected chi connectivity index (χ3v) is 4.55. The number of hydrogen-bond donors (Lipinski definition) is 1. The molecule has 0 saturated carbocycles. The first kappa shape index (κ1) is 18.1. The van der Waals surface area contributed by atoms with Crippen molar-refractivity contribution in [1.29, 1.82) is 0 Å². The molecule has 1 heterocycles. The molecule has 1 aromatic rings. The first-order chi connectivity index (χ1) is 11.4. The fourth-order valence-corrected chi connectivity index (χ4v) is 3.01. The number of anilines is 1. The van der Waals surface area contributed by atoms with Crippen LogP contribution >= 0.6 is 0 Å². The van der Waals surface area contributed by atoms with E-state index in [0.29, 0.717) is 17.8 Å². The molecule has 130 valence electrons. The molecule has 2 amide bonds. The van der Waals surface area contributed by atoms with Crippen molar-refractivity contribution in [3.8, 4) is 0 Å². The molecular weight excluding hydrogens is 306 g/mol. The lowest BCUT2D eigenvalue weighted by molar-refractivity contribution is -0.130. The number of amides is 2. The summed E-state index contributed by atoms with van der Waals surface area (Å²) in [4.78, 5) is 39.1. The molecule has 0 bridgehead atoms. The maximum absolute atomic E-state index is 12.3. The second-order valence-electron chi connectivity index (χ2n) is 6.29. The Morgan fingerprint density at radius 1 is 1.17 bits per heavy atom. The quantitative estimate of drug-likeness (QED) is 0.835. The summed E-state index contributed by atoms with van der Waals surface area (Å²) < 4.78 is 0. The van der Waals surface area contributed by atoms with E-state index in [1.807, 2.05) is 7.05 Å². The Kier molecular flexibility index (Phi) is 6.09. The number of Topliss-reactive ketones (excluding diaryl/α,β-unsaturated/α-hetero) is 1. The Bertz CT molecular complexity index is 622. The van der Waals surface area contributed by atoms with Crippen molar-refractivity contribution in [2.24, 2.45) is 0 Å². The predicted octanol–water partition coefficient (Wildman–Crippen LogP) is 1.77. The molecule has 1 saturated heterocycles. The number of rotatable bonds is 5. The summed E-state index contributed by atoms with van der Waals surface area (Å²) in [6.07, 6.45) is 1.74. The van der Waals surface area contributed by atoms with Gasteiger partial charge in [-0.3, -0.25) is 19.3 Å². The average Bonchev–Trinajstić information content (AvgIpc) is 2.55. The number of benzene rings is 1. The highest BCUT2D eigenvalue weighted by molar-refractivity contribution is 6.04. The van der Waals surface area contributed by atoms with Gasteiger partial charge in [-0.15, -0.1) is 0 Å². The lowest BCUT2D eigenvalue weighted by Gasteiger charge is -2.36. The molecular formula is C18H25N3O3. The molecule has 2 rings (SSSR count). The molecule has 6 heteroatoms. The van der Waals surface area contributed by atoms with Crippen LogP contribution < -0.4 is 5.32 Å². The normalized spacial score (nSPS) is 15.8. The number of hydrogen-bond acceptors (Lipinski definition) is 4. The van der Waals surface area contributed by atoms with Gasteiger partial charge in [0, 0.05) is 38.7 Å². The number of para-hydroxylation sites is 1. The fourth-order valence-electron chi connectivity index (χ4n) is 3.01. The molecule has 6 nitrogen and oxygen atoms in total. The maximum Gasteiger partial charge on any atom is 0.238 e. The lowest BCUT2D eigenvalue weighted by Crippen LogP contribution is -2.46. The highest BCUT2D eigenvalue weighted by atomic mass is 16.2. The molecule has 1 aliphatic rings. The van der Waals surface area contributed by atoms with Gasteiger partial charge in [-0.25, -0.2) is 0 Å². The van der Waals surface area contributed by atoms with E-state index in [9.17, 15) is 14.4 Å². The molecule has 1 fully saturated rings. The summed E-state index contributed by atoms with van der Waals surface area (Å²) in [5.74, 6) is -0.118. The van der Waals surface area contributed by atoms with Crippen molar-refractivity contribution in [1.82, 2.24) is 9.80 Å². The third kappa shape index (κ3) is 4.64. The smallest absolute Gasteiger partial charge is 0.238 e. The molecule has 1 N–H and O–H groups in total. The average molecular weight is 331 g/mol. The van der Waals surface area contributed by atoms with Crippen molar-refractivity contribution in [3.05, 3.63) is 29.8 Å². The summed E-state index contributed by atoms with van der Waals surface area (Å²) in [7, 11) is 1.83. The van der Waals surface area contributed by atoms with Crippen molar-refractivity contribution in [2.45, 2.75) is 32.7 Å². The molecule has 0 unspecified atom stereocenters. The SMILES string of the molecule is CC(=O)c1ccccc1NC(=O)CN1CCC(N(C)C(C)=O)CC1. The molecule has 0 aliphatic carbocycles. The van der Waals surface area contributed by atoms with Crippen molar-refractivity contribution in [3.63, 3.8) is 0 Å². The van der Waals surface area contributed by atoms with Crippen LogP contribution in [0.4, 0.5) is 5.69 Å². The molecule has 24 heavy (non-hydrogen) atoms. The van der Waals surface area contributed by atoms with Gasteiger partial charge in [0.1, 0.15) is 0 Å². The Morgan fingerprint density at radius 3 is 2.38 bits per heavy atom. The van der Waals surface area contributed by atoms with Gasteiger partial charge < -0.3 is 10.2 Å². The van der Waals surface area contributed by atoms with Crippen LogP contribution in [-0.4, -0.2) is 60.1 Å². The number of carbonyl (C=O) groups is 3. The zero-order valence-corrected chi connectivity index (χ0v) is 14.5. The van der Waals surface area contributed by atoms with Crippen LogP contribution in [0.15, 0.2) is 24.3 Å². The van der Waals surface area contributed by atoms with Crippen molar-refractivity contribution in [2.75, 3.05) is 32.0 Å². The van der Waals surface area contributed by atoms with Crippen LogP contribution in [0.1, 0.15) is 37.0 Å². The van der Waals surface area contributed by atoms with Crippen LogP contribution in [0.25, 0.3) is 0 Å². The highest BCUT2D eigenvalue weighted by Crippen LogP contribution is 2.17. The molecule has 1 aliphatic heterocycles. The molecule has 0 atom stereocenters. The maximum atomic E-state index is 12.3. The van der Waals surface area contributed by atoms with E-state index in [1.165, 1.54) is 6.92 Å². The van der Waals surface area contributed by atoms with Crippen LogP contribution in [0.2, 0.25) is 0 Å². The van der Waals surface area contributed by atoms with Gasteiger partial charge in [-0.05, 0) is 31.9 Å². The Morgan fingerprint density at radius 2 is 1.79 bits per heavy atom. The lowest BCUT2D eigenvalue weighted by atomic mass is 10.0. The van der Waals surface area contributed by atoms with Crippen LogP contribution in [0, 0.1) is 0 Å². The molecule has 0 aromatic heterocycles. The molecule has 0 radical (unpaired) electrons. The monoisotopic (exact) mass is 331 g/mol. The summed E-state index contributed by atoms with van der Waals surface area (Å²) in [5.41, 5.74) is 1.08. The predicted molar refractivity (Wildman–Crippen MR) is 93.0 cm³/mol. The number of nitrogens with one attached hydrogen (secondary N) is 1. The van der Waals surface area contributed by atoms with E-state index < -0.39 is 0 Å². The van der Waals surface area contributed by atoms with Gasteiger partial charge in [0.05, 0.1) is 12.2 Å². The number of nitrogens with zero attached hydrogens (tertiary/aromatic N) is 2. The van der Waals surface area contributed by atoms with Crippen LogP contribution in [0.3, 0.4) is 0 Å². The van der Waals surface area contributed by atoms with E-state index in [-0.39, 0.29) is 23.6 Å². The largest absolute Gasteiger partial charge is 0.343 e. The summed E-state index contributed by atoms with van der Waals surface area (Å²) in [6, 6.07) is 7.28. The summed E-state index contributed by atoms with van der Waals surface area (Å²) in [6.45, 7) is 4.92. The number of carbonyl (C=O) groups excluding carboxylic acids is 3. The molecule has 1 aromatic carbocycles. The zero-order valence-electron chi connectivity index (χ0n) is 14.5. The van der Waals surface area contributed by atoms with Crippen molar-refractivity contribution >= 4 is 23.3 Å². The minimum Gasteiger partial charge on any atom is -0.343 e. The zero-order chi connectivity index (χ0) is 17.7. The Labute approximate surface area is 142 Å². The van der Waals surface area contributed by atoms with Gasteiger partial charge in [0.25, 0.3) is 0 Å². The van der Waals surface area contributed by atoms with Crippen LogP contribution in [-0.2, 0) is 9.59 Å².